The molecular formula is C14H20N2O3. The summed E-state index contributed by atoms with van der Waals surface area (Å²) in [5.74, 6) is -1.05. The number of hydrogen-bond donors (Lipinski definition) is 3. The zero-order valence-corrected chi connectivity index (χ0v) is 11.3. The second-order valence-electron chi connectivity index (χ2n) is 4.39. The number of aryl methyl sites for hydroxylation is 1. The van der Waals surface area contributed by atoms with Gasteiger partial charge in [0.1, 0.15) is 0 Å². The van der Waals surface area contributed by atoms with Gasteiger partial charge in [-0.25, -0.2) is 9.59 Å². The molecule has 0 saturated heterocycles. The van der Waals surface area contributed by atoms with Crippen molar-refractivity contribution in [3.63, 3.8) is 0 Å². The standard InChI is InChI=1S/C14H20N2O3/c1-3-4-5-9-15-14(19)16-12-10(2)7-6-8-11(12)13(17)18/h6-8H,3-5,9H2,1-2H3,(H,17,18)(H2,15,16,19). The topological polar surface area (TPSA) is 78.4 Å². The first-order chi connectivity index (χ1) is 9.06. The number of rotatable bonds is 6. The third-order valence-electron chi connectivity index (χ3n) is 2.81. The molecule has 0 spiro atoms. The summed E-state index contributed by atoms with van der Waals surface area (Å²) in [5.41, 5.74) is 1.18. The Morgan fingerprint density at radius 2 is 2.00 bits per heavy atom. The Kier molecular flexibility index (Phi) is 5.85. The summed E-state index contributed by atoms with van der Waals surface area (Å²) in [6.07, 6.45) is 3.07. The number of urea groups is 1. The van der Waals surface area contributed by atoms with Gasteiger partial charge in [0.15, 0.2) is 0 Å². The van der Waals surface area contributed by atoms with Crippen molar-refractivity contribution in [1.29, 1.82) is 0 Å². The predicted molar refractivity (Wildman–Crippen MR) is 74.7 cm³/mol. The van der Waals surface area contributed by atoms with Crippen molar-refractivity contribution < 1.29 is 14.7 Å². The lowest BCUT2D eigenvalue weighted by Crippen LogP contribution is -2.30. The highest BCUT2D eigenvalue weighted by atomic mass is 16.4. The van der Waals surface area contributed by atoms with Crippen molar-refractivity contribution in [3.8, 4) is 0 Å². The number of nitrogens with one attached hydrogen (secondary N) is 2. The Morgan fingerprint density at radius 1 is 1.26 bits per heavy atom. The Labute approximate surface area is 113 Å². The minimum atomic E-state index is -1.05. The van der Waals surface area contributed by atoms with Crippen LogP contribution < -0.4 is 10.6 Å². The lowest BCUT2D eigenvalue weighted by Gasteiger charge is -2.12. The molecule has 0 heterocycles. The molecule has 19 heavy (non-hydrogen) atoms. The van der Waals surface area contributed by atoms with E-state index in [2.05, 4.69) is 17.6 Å². The number of benzene rings is 1. The summed E-state index contributed by atoms with van der Waals surface area (Å²) in [6, 6.07) is 4.53. The van der Waals surface area contributed by atoms with E-state index in [-0.39, 0.29) is 11.6 Å². The first-order valence-electron chi connectivity index (χ1n) is 6.44. The van der Waals surface area contributed by atoms with E-state index in [0.717, 1.165) is 24.8 Å². The van der Waals surface area contributed by atoms with Gasteiger partial charge in [0.2, 0.25) is 0 Å². The van der Waals surface area contributed by atoms with Gasteiger partial charge in [0, 0.05) is 6.54 Å². The summed E-state index contributed by atoms with van der Waals surface area (Å²) in [5, 5.41) is 14.4. The number of hydrogen-bond acceptors (Lipinski definition) is 2. The van der Waals surface area contributed by atoms with Crippen molar-refractivity contribution in [3.05, 3.63) is 29.3 Å². The molecule has 3 N–H and O–H groups in total. The predicted octanol–water partition coefficient (Wildman–Crippen LogP) is 3.00. The maximum atomic E-state index is 11.7. The van der Waals surface area contributed by atoms with E-state index >= 15 is 0 Å². The van der Waals surface area contributed by atoms with Crippen LogP contribution in [0.5, 0.6) is 0 Å². The number of carboxylic acid groups (broad SMARTS) is 1. The van der Waals surface area contributed by atoms with E-state index in [9.17, 15) is 9.59 Å². The smallest absolute Gasteiger partial charge is 0.337 e. The normalized spacial score (nSPS) is 10.0. The largest absolute Gasteiger partial charge is 0.478 e. The van der Waals surface area contributed by atoms with Gasteiger partial charge in [0.25, 0.3) is 0 Å². The summed E-state index contributed by atoms with van der Waals surface area (Å²) in [7, 11) is 0. The lowest BCUT2D eigenvalue weighted by atomic mass is 10.1. The Bertz CT molecular complexity index is 458. The molecule has 1 aromatic carbocycles. The first kappa shape index (κ1) is 15.0. The maximum absolute atomic E-state index is 11.7. The minimum absolute atomic E-state index is 0.101. The summed E-state index contributed by atoms with van der Waals surface area (Å²) < 4.78 is 0. The molecule has 0 aliphatic heterocycles. The second-order valence-corrected chi connectivity index (χ2v) is 4.39. The molecule has 1 aromatic rings. The van der Waals surface area contributed by atoms with Crippen LogP contribution in [0.2, 0.25) is 0 Å². The van der Waals surface area contributed by atoms with Crippen molar-refractivity contribution in [1.82, 2.24) is 5.32 Å². The van der Waals surface area contributed by atoms with Gasteiger partial charge < -0.3 is 15.7 Å². The zero-order valence-electron chi connectivity index (χ0n) is 11.3. The third-order valence-corrected chi connectivity index (χ3v) is 2.81. The van der Waals surface area contributed by atoms with E-state index < -0.39 is 5.97 Å². The van der Waals surface area contributed by atoms with Gasteiger partial charge in [-0.15, -0.1) is 0 Å². The quantitative estimate of drug-likeness (QED) is 0.691. The van der Waals surface area contributed by atoms with Crippen LogP contribution in [0, 0.1) is 6.92 Å². The van der Waals surface area contributed by atoms with Crippen LogP contribution in [-0.4, -0.2) is 23.7 Å². The Hall–Kier alpha value is -2.04. The van der Waals surface area contributed by atoms with Gasteiger partial charge >= 0.3 is 12.0 Å². The van der Waals surface area contributed by atoms with Gasteiger partial charge in [-0.3, -0.25) is 0 Å². The second kappa shape index (κ2) is 7.41. The molecule has 0 radical (unpaired) electrons. The molecule has 1 rings (SSSR count). The molecule has 5 nitrogen and oxygen atoms in total. The van der Waals surface area contributed by atoms with Crippen LogP contribution in [0.15, 0.2) is 18.2 Å². The third kappa shape index (κ3) is 4.62. The van der Waals surface area contributed by atoms with Crippen LogP contribution in [0.3, 0.4) is 0 Å². The van der Waals surface area contributed by atoms with E-state index in [1.807, 2.05) is 0 Å². The van der Waals surface area contributed by atoms with Crippen molar-refractivity contribution in [2.75, 3.05) is 11.9 Å². The Morgan fingerprint density at radius 3 is 2.63 bits per heavy atom. The molecule has 2 amide bonds. The molecule has 0 atom stereocenters. The molecule has 0 aliphatic carbocycles. The fourth-order valence-electron chi connectivity index (χ4n) is 1.75. The van der Waals surface area contributed by atoms with Crippen LogP contribution >= 0.6 is 0 Å². The van der Waals surface area contributed by atoms with Crippen molar-refractivity contribution >= 4 is 17.7 Å². The molecule has 0 saturated carbocycles. The highest BCUT2D eigenvalue weighted by Gasteiger charge is 2.13. The summed E-state index contributed by atoms with van der Waals surface area (Å²) in [4.78, 5) is 22.8. The summed E-state index contributed by atoms with van der Waals surface area (Å²) in [6.45, 7) is 4.44. The molecule has 0 aromatic heterocycles. The number of carbonyl (C=O) groups excluding carboxylic acids is 1. The van der Waals surface area contributed by atoms with Crippen molar-refractivity contribution in [2.24, 2.45) is 0 Å². The van der Waals surface area contributed by atoms with Crippen molar-refractivity contribution in [2.45, 2.75) is 33.1 Å². The molecule has 0 fully saturated rings. The number of carbonyl (C=O) groups is 2. The van der Waals surface area contributed by atoms with Gasteiger partial charge in [0.05, 0.1) is 11.3 Å². The van der Waals surface area contributed by atoms with Crippen LogP contribution in [0.1, 0.15) is 42.1 Å². The van der Waals surface area contributed by atoms with E-state index in [1.54, 1.807) is 19.1 Å². The number of amides is 2. The average Bonchev–Trinajstić information content (AvgIpc) is 2.37. The zero-order chi connectivity index (χ0) is 14.3. The number of para-hydroxylation sites is 1. The molecule has 0 bridgehead atoms. The minimum Gasteiger partial charge on any atom is -0.478 e. The number of anilines is 1. The van der Waals surface area contributed by atoms with E-state index in [4.69, 9.17) is 5.11 Å². The van der Waals surface area contributed by atoms with Gasteiger partial charge in [-0.1, -0.05) is 31.9 Å². The van der Waals surface area contributed by atoms with Crippen LogP contribution in [-0.2, 0) is 0 Å². The first-order valence-corrected chi connectivity index (χ1v) is 6.44. The van der Waals surface area contributed by atoms with Crippen LogP contribution in [0.4, 0.5) is 10.5 Å². The monoisotopic (exact) mass is 264 g/mol. The van der Waals surface area contributed by atoms with Gasteiger partial charge in [-0.05, 0) is 25.0 Å². The molecular weight excluding hydrogens is 244 g/mol. The number of unbranched alkanes of at least 4 members (excludes halogenated alkanes) is 2. The highest BCUT2D eigenvalue weighted by Crippen LogP contribution is 2.20. The Balaban J connectivity index is 2.66. The maximum Gasteiger partial charge on any atom is 0.337 e. The molecule has 0 unspecified atom stereocenters. The fraction of sp³-hybridized carbons (Fsp3) is 0.429. The molecule has 5 heteroatoms. The number of aromatic carboxylic acids is 1. The average molecular weight is 264 g/mol. The molecule has 104 valence electrons. The fourth-order valence-corrected chi connectivity index (χ4v) is 1.75. The SMILES string of the molecule is CCCCCNC(=O)Nc1c(C)cccc1C(=O)O. The molecule has 0 aliphatic rings. The highest BCUT2D eigenvalue weighted by molar-refractivity contribution is 6.00. The number of carboxylic acids is 1. The van der Waals surface area contributed by atoms with E-state index in [1.165, 1.54) is 6.07 Å². The van der Waals surface area contributed by atoms with Crippen LogP contribution in [0.25, 0.3) is 0 Å². The lowest BCUT2D eigenvalue weighted by molar-refractivity contribution is 0.0698. The van der Waals surface area contributed by atoms with Gasteiger partial charge in [-0.2, -0.15) is 0 Å². The van der Waals surface area contributed by atoms with E-state index in [0.29, 0.717) is 12.2 Å². The summed E-state index contributed by atoms with van der Waals surface area (Å²) >= 11 is 0.